The van der Waals surface area contributed by atoms with Crippen LogP contribution in [0, 0.1) is 0 Å². The van der Waals surface area contributed by atoms with Gasteiger partial charge in [0.15, 0.2) is 0 Å². The molecule has 13 heavy (non-hydrogen) atoms. The summed E-state index contributed by atoms with van der Waals surface area (Å²) in [6.45, 7) is 0.364. The number of rotatable bonds is 1. The van der Waals surface area contributed by atoms with E-state index in [4.69, 9.17) is 17.3 Å². The molecule has 2 aromatic rings. The van der Waals surface area contributed by atoms with Crippen LogP contribution in [0.5, 0.6) is 5.75 Å². The van der Waals surface area contributed by atoms with Gasteiger partial charge in [-0.3, -0.25) is 0 Å². The molecule has 2 rings (SSSR count). The second-order valence-electron chi connectivity index (χ2n) is 2.72. The minimum atomic E-state index is 0.269. The van der Waals surface area contributed by atoms with E-state index in [-0.39, 0.29) is 5.75 Å². The number of nitrogens with two attached hydrogens (primary N) is 1. The van der Waals surface area contributed by atoms with Crippen molar-refractivity contribution in [2.24, 2.45) is 5.73 Å². The first-order valence-electron chi connectivity index (χ1n) is 3.82. The number of benzene rings is 1. The van der Waals surface area contributed by atoms with Crippen LogP contribution in [0.3, 0.4) is 0 Å². The van der Waals surface area contributed by atoms with Crippen LogP contribution in [-0.4, -0.2) is 5.11 Å². The highest BCUT2D eigenvalue weighted by molar-refractivity contribution is 7.19. The summed E-state index contributed by atoms with van der Waals surface area (Å²) in [5, 5.41) is 11.1. The molecule has 0 saturated carbocycles. The van der Waals surface area contributed by atoms with Crippen molar-refractivity contribution in [3.8, 4) is 5.75 Å². The number of hydrogen-bond acceptors (Lipinski definition) is 3. The summed E-state index contributed by atoms with van der Waals surface area (Å²) in [6, 6.07) is 5.45. The van der Waals surface area contributed by atoms with Crippen LogP contribution >= 0.6 is 22.9 Å². The van der Waals surface area contributed by atoms with Crippen molar-refractivity contribution in [2.75, 3.05) is 0 Å². The van der Waals surface area contributed by atoms with E-state index in [0.29, 0.717) is 11.6 Å². The maximum Gasteiger partial charge on any atom is 0.138 e. The molecule has 0 fully saturated rings. The van der Waals surface area contributed by atoms with Crippen LogP contribution < -0.4 is 5.73 Å². The normalized spacial score (nSPS) is 10.9. The molecule has 0 aliphatic heterocycles. The van der Waals surface area contributed by atoms with Gasteiger partial charge in [0.25, 0.3) is 0 Å². The van der Waals surface area contributed by atoms with Gasteiger partial charge in [0, 0.05) is 21.7 Å². The maximum absolute atomic E-state index is 9.69. The Morgan fingerprint density at radius 2 is 2.23 bits per heavy atom. The Balaban J connectivity index is 2.77. The molecular formula is C9H8ClNOS. The third-order valence-corrected chi connectivity index (χ3v) is 3.30. The number of aromatic hydroxyl groups is 1. The molecule has 3 N–H and O–H groups in total. The highest BCUT2D eigenvalue weighted by Crippen LogP contribution is 2.37. The zero-order chi connectivity index (χ0) is 9.42. The third-order valence-electron chi connectivity index (χ3n) is 1.88. The Labute approximate surface area is 84.6 Å². The second kappa shape index (κ2) is 3.18. The van der Waals surface area contributed by atoms with Gasteiger partial charge in [-0.1, -0.05) is 11.6 Å². The van der Waals surface area contributed by atoms with Crippen molar-refractivity contribution >= 4 is 33.0 Å². The van der Waals surface area contributed by atoms with Crippen LogP contribution in [0.15, 0.2) is 18.2 Å². The first-order chi connectivity index (χ1) is 6.22. The fraction of sp³-hybridized carbons (Fsp3) is 0.111. The summed E-state index contributed by atoms with van der Waals surface area (Å²) < 4.78 is 1.02. The fourth-order valence-corrected chi connectivity index (χ4v) is 2.38. The van der Waals surface area contributed by atoms with Gasteiger partial charge in [-0.05, 0) is 18.2 Å². The largest absolute Gasteiger partial charge is 0.506 e. The SMILES string of the molecule is NCc1sc2ccc(Cl)cc2c1O. The minimum absolute atomic E-state index is 0.269. The molecule has 1 aromatic heterocycles. The van der Waals surface area contributed by atoms with Gasteiger partial charge < -0.3 is 10.8 Å². The number of halogens is 1. The molecular weight excluding hydrogens is 206 g/mol. The summed E-state index contributed by atoms with van der Waals surface area (Å²) >= 11 is 7.30. The molecule has 0 unspecified atom stereocenters. The van der Waals surface area contributed by atoms with Crippen LogP contribution in [-0.2, 0) is 6.54 Å². The van der Waals surface area contributed by atoms with Gasteiger partial charge in [0.05, 0.1) is 4.88 Å². The average molecular weight is 214 g/mol. The average Bonchev–Trinajstić information content (AvgIpc) is 2.44. The van der Waals surface area contributed by atoms with E-state index in [1.807, 2.05) is 6.07 Å². The minimum Gasteiger partial charge on any atom is -0.506 e. The first kappa shape index (κ1) is 8.81. The van der Waals surface area contributed by atoms with Crippen molar-refractivity contribution in [2.45, 2.75) is 6.54 Å². The molecule has 0 aliphatic rings. The van der Waals surface area contributed by atoms with Crippen LogP contribution in [0.2, 0.25) is 5.02 Å². The number of hydrogen-bond donors (Lipinski definition) is 2. The van der Waals surface area contributed by atoms with Crippen molar-refractivity contribution in [1.29, 1.82) is 0 Å². The number of thiophene rings is 1. The molecule has 0 aliphatic carbocycles. The Bertz CT molecular complexity index is 452. The summed E-state index contributed by atoms with van der Waals surface area (Å²) in [4.78, 5) is 0.803. The van der Waals surface area contributed by atoms with Crippen molar-refractivity contribution < 1.29 is 5.11 Å². The second-order valence-corrected chi connectivity index (χ2v) is 4.29. The lowest BCUT2D eigenvalue weighted by Crippen LogP contribution is -1.92. The fourth-order valence-electron chi connectivity index (χ4n) is 1.25. The Morgan fingerprint density at radius 1 is 1.46 bits per heavy atom. The standard InChI is InChI=1S/C9H8ClNOS/c10-5-1-2-7-6(3-5)9(12)8(4-11)13-7/h1-3,12H,4,11H2. The van der Waals surface area contributed by atoms with E-state index in [2.05, 4.69) is 0 Å². The Kier molecular flexibility index (Phi) is 2.15. The molecule has 1 heterocycles. The highest BCUT2D eigenvalue weighted by Gasteiger charge is 2.09. The lowest BCUT2D eigenvalue weighted by Gasteiger charge is -1.92. The lowest BCUT2D eigenvalue weighted by atomic mass is 10.2. The topological polar surface area (TPSA) is 46.2 Å². The smallest absolute Gasteiger partial charge is 0.138 e. The van der Waals surface area contributed by atoms with E-state index >= 15 is 0 Å². The molecule has 0 amide bonds. The van der Waals surface area contributed by atoms with E-state index in [0.717, 1.165) is 15.0 Å². The van der Waals surface area contributed by atoms with E-state index in [1.165, 1.54) is 11.3 Å². The Morgan fingerprint density at radius 3 is 2.92 bits per heavy atom. The molecule has 68 valence electrons. The van der Waals surface area contributed by atoms with Gasteiger partial charge in [-0.25, -0.2) is 0 Å². The van der Waals surface area contributed by atoms with Crippen LogP contribution in [0.1, 0.15) is 4.88 Å². The molecule has 0 radical (unpaired) electrons. The summed E-state index contributed by atoms with van der Waals surface area (Å²) in [5.41, 5.74) is 5.47. The highest BCUT2D eigenvalue weighted by atomic mass is 35.5. The maximum atomic E-state index is 9.69. The first-order valence-corrected chi connectivity index (χ1v) is 5.02. The number of fused-ring (bicyclic) bond motifs is 1. The van der Waals surface area contributed by atoms with Crippen LogP contribution in [0.25, 0.3) is 10.1 Å². The predicted molar refractivity (Wildman–Crippen MR) is 56.4 cm³/mol. The van der Waals surface area contributed by atoms with Crippen molar-refractivity contribution in [3.05, 3.63) is 28.1 Å². The van der Waals surface area contributed by atoms with E-state index in [1.54, 1.807) is 12.1 Å². The molecule has 0 spiro atoms. The molecule has 4 heteroatoms. The quantitative estimate of drug-likeness (QED) is 0.765. The zero-order valence-electron chi connectivity index (χ0n) is 6.75. The van der Waals surface area contributed by atoms with Gasteiger partial charge in [0.1, 0.15) is 5.75 Å². The summed E-state index contributed by atoms with van der Waals surface area (Å²) in [5.74, 6) is 0.269. The monoisotopic (exact) mass is 213 g/mol. The van der Waals surface area contributed by atoms with Gasteiger partial charge in [-0.2, -0.15) is 0 Å². The van der Waals surface area contributed by atoms with Crippen molar-refractivity contribution in [1.82, 2.24) is 0 Å². The molecule has 2 nitrogen and oxygen atoms in total. The zero-order valence-corrected chi connectivity index (χ0v) is 8.32. The third kappa shape index (κ3) is 1.39. The summed E-state index contributed by atoms with van der Waals surface area (Å²) in [6.07, 6.45) is 0. The van der Waals surface area contributed by atoms with Gasteiger partial charge in [0.2, 0.25) is 0 Å². The Hall–Kier alpha value is -0.770. The van der Waals surface area contributed by atoms with E-state index in [9.17, 15) is 5.11 Å². The lowest BCUT2D eigenvalue weighted by molar-refractivity contribution is 0.478. The van der Waals surface area contributed by atoms with Crippen molar-refractivity contribution in [3.63, 3.8) is 0 Å². The predicted octanol–water partition coefficient (Wildman–Crippen LogP) is 2.72. The molecule has 0 saturated heterocycles. The molecule has 1 aromatic carbocycles. The van der Waals surface area contributed by atoms with Gasteiger partial charge in [-0.15, -0.1) is 11.3 Å². The molecule has 0 bridgehead atoms. The van der Waals surface area contributed by atoms with Crippen LogP contribution in [0.4, 0.5) is 0 Å². The van der Waals surface area contributed by atoms with Gasteiger partial charge >= 0.3 is 0 Å². The molecule has 0 atom stereocenters. The summed E-state index contributed by atoms with van der Waals surface area (Å²) in [7, 11) is 0. The van der Waals surface area contributed by atoms with E-state index < -0.39 is 0 Å².